The number of hydrogen-bond acceptors (Lipinski definition) is 3. The summed E-state index contributed by atoms with van der Waals surface area (Å²) in [6, 6.07) is 3.76. The van der Waals surface area contributed by atoms with E-state index in [0.29, 0.717) is 13.2 Å². The quantitative estimate of drug-likeness (QED) is 0.729. The fourth-order valence-electron chi connectivity index (χ4n) is 1.00. The monoisotopic (exact) mass is 178 g/mol. The summed E-state index contributed by atoms with van der Waals surface area (Å²) in [4.78, 5) is 0. The number of ether oxygens (including phenoxy) is 1. The van der Waals surface area contributed by atoms with E-state index in [-0.39, 0.29) is 0 Å². The SMILES string of the molecule is c1cc(COCc2ccn[nH]2)[nH]n1. The standard InChI is InChI=1S/C8H10N4O/c1-3-9-11-7(1)5-13-6-8-2-4-10-12-8/h1-4H,5-6H2,(H,9,11)(H,10,12). The molecule has 0 aliphatic rings. The minimum Gasteiger partial charge on any atom is -0.369 e. The first kappa shape index (κ1) is 8.00. The molecule has 2 aromatic rings. The molecule has 0 atom stereocenters. The van der Waals surface area contributed by atoms with Crippen LogP contribution in [0.3, 0.4) is 0 Å². The molecule has 0 fully saturated rings. The van der Waals surface area contributed by atoms with Gasteiger partial charge in [-0.2, -0.15) is 10.2 Å². The molecule has 68 valence electrons. The Kier molecular flexibility index (Phi) is 2.38. The smallest absolute Gasteiger partial charge is 0.0887 e. The van der Waals surface area contributed by atoms with E-state index >= 15 is 0 Å². The van der Waals surface area contributed by atoms with Crippen molar-refractivity contribution in [1.82, 2.24) is 20.4 Å². The molecule has 0 radical (unpaired) electrons. The minimum atomic E-state index is 0.541. The minimum absolute atomic E-state index is 0.541. The van der Waals surface area contributed by atoms with Crippen LogP contribution >= 0.6 is 0 Å². The molecule has 0 aliphatic heterocycles. The van der Waals surface area contributed by atoms with Crippen LogP contribution < -0.4 is 0 Å². The molecule has 5 heteroatoms. The van der Waals surface area contributed by atoms with E-state index in [2.05, 4.69) is 20.4 Å². The van der Waals surface area contributed by atoms with E-state index in [4.69, 9.17) is 4.74 Å². The molecule has 0 amide bonds. The number of aromatic nitrogens is 4. The molecule has 2 aromatic heterocycles. The average Bonchev–Trinajstić information content (AvgIpc) is 2.75. The highest BCUT2D eigenvalue weighted by atomic mass is 16.5. The van der Waals surface area contributed by atoms with Crippen LogP contribution in [0.25, 0.3) is 0 Å². The molecule has 0 aromatic carbocycles. The van der Waals surface area contributed by atoms with Crippen LogP contribution in [0.2, 0.25) is 0 Å². The summed E-state index contributed by atoms with van der Waals surface area (Å²) in [6.07, 6.45) is 3.41. The Morgan fingerprint density at radius 1 is 1.00 bits per heavy atom. The van der Waals surface area contributed by atoms with E-state index < -0.39 is 0 Å². The van der Waals surface area contributed by atoms with Crippen molar-refractivity contribution in [2.75, 3.05) is 0 Å². The lowest BCUT2D eigenvalue weighted by Crippen LogP contribution is -1.94. The third kappa shape index (κ3) is 2.16. The Bertz CT molecular complexity index is 293. The Balaban J connectivity index is 1.76. The first-order chi connectivity index (χ1) is 6.45. The second-order valence-electron chi connectivity index (χ2n) is 2.66. The van der Waals surface area contributed by atoms with Gasteiger partial charge in [0, 0.05) is 12.4 Å². The van der Waals surface area contributed by atoms with Crippen molar-refractivity contribution in [1.29, 1.82) is 0 Å². The first-order valence-electron chi connectivity index (χ1n) is 3.99. The maximum atomic E-state index is 5.38. The van der Waals surface area contributed by atoms with E-state index in [1.807, 2.05) is 12.1 Å². The Labute approximate surface area is 75.1 Å². The molecule has 0 spiro atoms. The molecule has 2 N–H and O–H groups in total. The summed E-state index contributed by atoms with van der Waals surface area (Å²) in [5, 5.41) is 13.3. The van der Waals surface area contributed by atoms with Crippen LogP contribution in [0, 0.1) is 0 Å². The highest BCUT2D eigenvalue weighted by Crippen LogP contribution is 1.99. The highest BCUT2D eigenvalue weighted by molar-refractivity contribution is 4.97. The van der Waals surface area contributed by atoms with Gasteiger partial charge in [-0.3, -0.25) is 10.2 Å². The van der Waals surface area contributed by atoms with Gasteiger partial charge in [-0.1, -0.05) is 0 Å². The van der Waals surface area contributed by atoms with Gasteiger partial charge in [0.05, 0.1) is 24.6 Å². The van der Waals surface area contributed by atoms with E-state index in [1.165, 1.54) is 0 Å². The van der Waals surface area contributed by atoms with Gasteiger partial charge in [0.15, 0.2) is 0 Å². The Morgan fingerprint density at radius 2 is 1.54 bits per heavy atom. The lowest BCUT2D eigenvalue weighted by Gasteiger charge is -1.98. The maximum absolute atomic E-state index is 5.38. The van der Waals surface area contributed by atoms with Crippen molar-refractivity contribution in [3.8, 4) is 0 Å². The normalized spacial score (nSPS) is 10.5. The second kappa shape index (κ2) is 3.86. The van der Waals surface area contributed by atoms with Gasteiger partial charge < -0.3 is 4.74 Å². The molecule has 0 aliphatic carbocycles. The second-order valence-corrected chi connectivity index (χ2v) is 2.66. The van der Waals surface area contributed by atoms with Crippen molar-refractivity contribution < 1.29 is 4.74 Å². The van der Waals surface area contributed by atoms with Crippen LogP contribution in [0.4, 0.5) is 0 Å². The summed E-state index contributed by atoms with van der Waals surface area (Å²) in [5.41, 5.74) is 1.94. The zero-order valence-corrected chi connectivity index (χ0v) is 7.03. The molecule has 13 heavy (non-hydrogen) atoms. The zero-order chi connectivity index (χ0) is 8.93. The molecule has 0 unspecified atom stereocenters. The summed E-state index contributed by atoms with van der Waals surface area (Å²) < 4.78 is 5.38. The molecule has 0 bridgehead atoms. The lowest BCUT2D eigenvalue weighted by atomic mass is 10.4. The van der Waals surface area contributed by atoms with Crippen molar-refractivity contribution in [3.05, 3.63) is 35.9 Å². The van der Waals surface area contributed by atoms with E-state index in [1.54, 1.807) is 12.4 Å². The maximum Gasteiger partial charge on any atom is 0.0887 e. The Morgan fingerprint density at radius 3 is 1.92 bits per heavy atom. The molecule has 0 saturated carbocycles. The molecule has 0 saturated heterocycles. The molecular weight excluding hydrogens is 168 g/mol. The lowest BCUT2D eigenvalue weighted by molar-refractivity contribution is 0.102. The number of H-pyrrole nitrogens is 2. The van der Waals surface area contributed by atoms with Crippen molar-refractivity contribution in [3.63, 3.8) is 0 Å². The van der Waals surface area contributed by atoms with Gasteiger partial charge in [0.25, 0.3) is 0 Å². The molecule has 2 heterocycles. The third-order valence-electron chi connectivity index (χ3n) is 1.63. The van der Waals surface area contributed by atoms with Gasteiger partial charge in [0.1, 0.15) is 0 Å². The number of nitrogens with one attached hydrogen (secondary N) is 2. The van der Waals surface area contributed by atoms with E-state index in [0.717, 1.165) is 11.4 Å². The summed E-state index contributed by atoms with van der Waals surface area (Å²) in [5.74, 6) is 0. The number of rotatable bonds is 4. The summed E-state index contributed by atoms with van der Waals surface area (Å²) >= 11 is 0. The van der Waals surface area contributed by atoms with Crippen molar-refractivity contribution >= 4 is 0 Å². The fourth-order valence-corrected chi connectivity index (χ4v) is 1.00. The van der Waals surface area contributed by atoms with Crippen LogP contribution in [-0.2, 0) is 18.0 Å². The van der Waals surface area contributed by atoms with Gasteiger partial charge in [0.2, 0.25) is 0 Å². The predicted octanol–water partition coefficient (Wildman–Crippen LogP) is 0.850. The zero-order valence-electron chi connectivity index (χ0n) is 7.03. The van der Waals surface area contributed by atoms with Gasteiger partial charge in [-0.15, -0.1) is 0 Å². The first-order valence-corrected chi connectivity index (χ1v) is 3.99. The fraction of sp³-hybridized carbons (Fsp3) is 0.250. The Hall–Kier alpha value is -1.62. The van der Waals surface area contributed by atoms with Crippen LogP contribution in [0.5, 0.6) is 0 Å². The van der Waals surface area contributed by atoms with Crippen molar-refractivity contribution in [2.45, 2.75) is 13.2 Å². The number of hydrogen-bond donors (Lipinski definition) is 2. The van der Waals surface area contributed by atoms with Crippen LogP contribution in [0.1, 0.15) is 11.4 Å². The van der Waals surface area contributed by atoms with Crippen LogP contribution in [-0.4, -0.2) is 20.4 Å². The van der Waals surface area contributed by atoms with Gasteiger partial charge >= 0.3 is 0 Å². The van der Waals surface area contributed by atoms with Crippen LogP contribution in [0.15, 0.2) is 24.5 Å². The highest BCUT2D eigenvalue weighted by Gasteiger charge is 1.95. The predicted molar refractivity (Wildman–Crippen MR) is 45.7 cm³/mol. The molecular formula is C8H10N4O. The number of aromatic amines is 2. The largest absolute Gasteiger partial charge is 0.369 e. The van der Waals surface area contributed by atoms with Crippen molar-refractivity contribution in [2.24, 2.45) is 0 Å². The summed E-state index contributed by atoms with van der Waals surface area (Å²) in [6.45, 7) is 1.08. The molecule has 2 rings (SSSR count). The molecule has 5 nitrogen and oxygen atoms in total. The third-order valence-corrected chi connectivity index (χ3v) is 1.63. The summed E-state index contributed by atoms with van der Waals surface area (Å²) in [7, 11) is 0. The topological polar surface area (TPSA) is 66.6 Å². The number of nitrogens with zero attached hydrogens (tertiary/aromatic N) is 2. The van der Waals surface area contributed by atoms with Gasteiger partial charge in [-0.25, -0.2) is 0 Å². The average molecular weight is 178 g/mol. The van der Waals surface area contributed by atoms with Gasteiger partial charge in [-0.05, 0) is 12.1 Å². The van der Waals surface area contributed by atoms with E-state index in [9.17, 15) is 0 Å².